The van der Waals surface area contributed by atoms with Crippen LogP contribution in [-0.2, 0) is 23.1 Å². The van der Waals surface area contributed by atoms with E-state index in [9.17, 15) is 13.2 Å². The predicted octanol–water partition coefficient (Wildman–Crippen LogP) is 4.33. The molecular weight excluding hydrogens is 462 g/mol. The first-order valence-electron chi connectivity index (χ1n) is 11.7. The summed E-state index contributed by atoms with van der Waals surface area (Å²) in [6.45, 7) is 5.33. The third-order valence-corrected chi connectivity index (χ3v) is 7.69. The van der Waals surface area contributed by atoms with Gasteiger partial charge in [0.2, 0.25) is 0 Å². The van der Waals surface area contributed by atoms with E-state index in [1.165, 1.54) is 24.5 Å². The van der Waals surface area contributed by atoms with Gasteiger partial charge >= 0.3 is 0 Å². The molecule has 0 aliphatic carbocycles. The van der Waals surface area contributed by atoms with Crippen LogP contribution >= 0.6 is 0 Å². The molecule has 184 valence electrons. The lowest BCUT2D eigenvalue weighted by Gasteiger charge is -2.15. The molecule has 0 aromatic heterocycles. The largest absolute Gasteiger partial charge is 0.497 e. The van der Waals surface area contributed by atoms with E-state index in [1.54, 1.807) is 50.4 Å². The van der Waals surface area contributed by atoms with E-state index in [2.05, 4.69) is 27.1 Å². The molecule has 35 heavy (non-hydrogen) atoms. The van der Waals surface area contributed by atoms with Crippen LogP contribution in [0, 0.1) is 6.92 Å². The van der Waals surface area contributed by atoms with E-state index in [0.29, 0.717) is 23.5 Å². The molecule has 4 rings (SSSR count). The second kappa shape index (κ2) is 10.9. The lowest BCUT2D eigenvalue weighted by molar-refractivity contribution is 0.0950. The molecule has 1 aliphatic rings. The van der Waals surface area contributed by atoms with E-state index < -0.39 is 10.0 Å². The highest BCUT2D eigenvalue weighted by atomic mass is 32.2. The second-order valence-electron chi connectivity index (χ2n) is 8.80. The number of hydrogen-bond donors (Lipinski definition) is 2. The van der Waals surface area contributed by atoms with Crippen molar-refractivity contribution in [2.24, 2.45) is 0 Å². The van der Waals surface area contributed by atoms with Crippen LogP contribution in [0.5, 0.6) is 5.75 Å². The van der Waals surface area contributed by atoms with Crippen molar-refractivity contribution < 1.29 is 17.9 Å². The molecule has 0 bridgehead atoms. The molecule has 8 heteroatoms. The maximum absolute atomic E-state index is 13.0. The Hall–Kier alpha value is -3.36. The van der Waals surface area contributed by atoms with Gasteiger partial charge in [-0.1, -0.05) is 30.3 Å². The smallest absolute Gasteiger partial charge is 0.262 e. The first-order valence-corrected chi connectivity index (χ1v) is 13.2. The van der Waals surface area contributed by atoms with Crippen LogP contribution in [0.2, 0.25) is 0 Å². The van der Waals surface area contributed by atoms with Gasteiger partial charge in [0.1, 0.15) is 5.75 Å². The second-order valence-corrected chi connectivity index (χ2v) is 10.4. The Morgan fingerprint density at radius 1 is 0.943 bits per heavy atom. The molecule has 2 N–H and O–H groups in total. The maximum atomic E-state index is 13.0. The molecule has 3 aromatic rings. The van der Waals surface area contributed by atoms with Crippen LogP contribution in [-0.4, -0.2) is 39.4 Å². The van der Waals surface area contributed by atoms with Crippen LogP contribution in [0.15, 0.2) is 71.6 Å². The topological polar surface area (TPSA) is 87.7 Å². The maximum Gasteiger partial charge on any atom is 0.262 e. The van der Waals surface area contributed by atoms with Gasteiger partial charge in [-0.15, -0.1) is 0 Å². The molecule has 0 spiro atoms. The van der Waals surface area contributed by atoms with Crippen molar-refractivity contribution in [2.75, 3.05) is 24.9 Å². The summed E-state index contributed by atoms with van der Waals surface area (Å²) in [5.41, 5.74) is 3.50. The first-order chi connectivity index (χ1) is 16.8. The number of benzene rings is 3. The molecule has 0 atom stereocenters. The third kappa shape index (κ3) is 6.41. The van der Waals surface area contributed by atoms with Crippen molar-refractivity contribution in [3.63, 3.8) is 0 Å². The first kappa shape index (κ1) is 24.8. The molecule has 1 fully saturated rings. The number of anilines is 1. The summed E-state index contributed by atoms with van der Waals surface area (Å²) < 4.78 is 33.7. The fraction of sp³-hybridized carbons (Fsp3) is 0.296. The van der Waals surface area contributed by atoms with Crippen molar-refractivity contribution in [2.45, 2.75) is 37.8 Å². The summed E-state index contributed by atoms with van der Waals surface area (Å²) in [5.74, 6) is 0.302. The fourth-order valence-electron chi connectivity index (χ4n) is 4.15. The Morgan fingerprint density at radius 3 is 2.26 bits per heavy atom. The Balaban J connectivity index is 1.40. The molecule has 0 radical (unpaired) electrons. The van der Waals surface area contributed by atoms with Gasteiger partial charge < -0.3 is 10.1 Å². The zero-order valence-corrected chi connectivity index (χ0v) is 20.9. The Bertz CT molecular complexity index is 1270. The van der Waals surface area contributed by atoms with Crippen LogP contribution in [0.4, 0.5) is 5.69 Å². The lowest BCUT2D eigenvalue weighted by atomic mass is 10.1. The summed E-state index contributed by atoms with van der Waals surface area (Å²) in [5, 5.41) is 2.89. The minimum atomic E-state index is -3.88. The highest BCUT2D eigenvalue weighted by molar-refractivity contribution is 7.92. The predicted molar refractivity (Wildman–Crippen MR) is 137 cm³/mol. The Morgan fingerprint density at radius 2 is 1.60 bits per heavy atom. The molecule has 1 aliphatic heterocycles. The van der Waals surface area contributed by atoms with Crippen LogP contribution in [0.25, 0.3) is 0 Å². The van der Waals surface area contributed by atoms with Crippen molar-refractivity contribution >= 4 is 21.6 Å². The average molecular weight is 494 g/mol. The number of rotatable bonds is 9. The quantitative estimate of drug-likeness (QED) is 0.463. The Labute approximate surface area is 207 Å². The number of methoxy groups -OCH3 is 1. The highest BCUT2D eigenvalue weighted by Gasteiger charge is 2.19. The van der Waals surface area contributed by atoms with Gasteiger partial charge in [-0.05, 0) is 85.9 Å². The lowest BCUT2D eigenvalue weighted by Crippen LogP contribution is -2.23. The van der Waals surface area contributed by atoms with Gasteiger partial charge in [0.15, 0.2) is 0 Å². The number of carbonyl (C=O) groups is 1. The van der Waals surface area contributed by atoms with E-state index in [-0.39, 0.29) is 16.4 Å². The van der Waals surface area contributed by atoms with Crippen molar-refractivity contribution in [1.29, 1.82) is 0 Å². The van der Waals surface area contributed by atoms with Gasteiger partial charge in [-0.2, -0.15) is 0 Å². The van der Waals surface area contributed by atoms with E-state index in [4.69, 9.17) is 4.74 Å². The zero-order valence-electron chi connectivity index (χ0n) is 20.1. The summed E-state index contributed by atoms with van der Waals surface area (Å²) >= 11 is 0. The number of likely N-dealkylation sites (tertiary alicyclic amines) is 1. The standard InChI is InChI=1S/C27H31N3O4S/c1-20-5-10-23(17-26(20)35(32,33)29-24-11-13-25(34-2)14-12-24)27(31)28-18-21-6-8-22(9-7-21)19-30-15-3-4-16-30/h5-14,17,29H,3-4,15-16,18-19H2,1-2H3,(H,28,31). The summed E-state index contributed by atoms with van der Waals surface area (Å²) in [7, 11) is -2.33. The Kier molecular flexibility index (Phi) is 7.73. The molecule has 7 nitrogen and oxygen atoms in total. The number of nitrogens with zero attached hydrogens (tertiary/aromatic N) is 1. The molecule has 0 unspecified atom stereocenters. The van der Waals surface area contributed by atoms with Gasteiger partial charge in [0.05, 0.1) is 12.0 Å². The van der Waals surface area contributed by atoms with Crippen molar-refractivity contribution in [3.05, 3.63) is 89.0 Å². The normalized spacial score (nSPS) is 14.0. The monoisotopic (exact) mass is 493 g/mol. The van der Waals surface area contributed by atoms with E-state index >= 15 is 0 Å². The van der Waals surface area contributed by atoms with Crippen LogP contribution in [0.3, 0.4) is 0 Å². The van der Waals surface area contributed by atoms with Gasteiger partial charge in [-0.25, -0.2) is 8.42 Å². The molecule has 1 amide bonds. The number of carbonyl (C=O) groups excluding carboxylic acids is 1. The van der Waals surface area contributed by atoms with Crippen molar-refractivity contribution in [1.82, 2.24) is 10.2 Å². The minimum Gasteiger partial charge on any atom is -0.497 e. The third-order valence-electron chi connectivity index (χ3n) is 6.16. The number of aryl methyl sites for hydroxylation is 1. The molecular formula is C27H31N3O4S. The molecule has 1 saturated heterocycles. The van der Waals surface area contributed by atoms with E-state index in [0.717, 1.165) is 25.2 Å². The molecule has 1 heterocycles. The van der Waals surface area contributed by atoms with E-state index in [1.807, 2.05) is 12.1 Å². The summed E-state index contributed by atoms with van der Waals surface area (Å²) in [6.07, 6.45) is 2.54. The van der Waals surface area contributed by atoms with Gasteiger partial charge in [0, 0.05) is 24.3 Å². The SMILES string of the molecule is COc1ccc(NS(=O)(=O)c2cc(C(=O)NCc3ccc(CN4CCCC4)cc3)ccc2C)cc1. The minimum absolute atomic E-state index is 0.0623. The van der Waals surface area contributed by atoms with Gasteiger partial charge in [0.25, 0.3) is 15.9 Å². The summed E-state index contributed by atoms with van der Waals surface area (Å²) in [4.78, 5) is 15.3. The van der Waals surface area contributed by atoms with Gasteiger partial charge in [-0.3, -0.25) is 14.4 Å². The van der Waals surface area contributed by atoms with Crippen molar-refractivity contribution in [3.8, 4) is 5.75 Å². The summed E-state index contributed by atoms with van der Waals surface area (Å²) in [6, 6.07) is 19.5. The number of amides is 1. The number of ether oxygens (including phenoxy) is 1. The van der Waals surface area contributed by atoms with Crippen LogP contribution < -0.4 is 14.8 Å². The molecule has 0 saturated carbocycles. The molecule has 3 aromatic carbocycles. The fourth-order valence-corrected chi connectivity index (χ4v) is 5.48. The average Bonchev–Trinajstić information content (AvgIpc) is 3.37. The van der Waals surface area contributed by atoms with Crippen LogP contribution in [0.1, 0.15) is 39.9 Å². The zero-order chi connectivity index (χ0) is 24.8. The number of hydrogen-bond acceptors (Lipinski definition) is 5. The number of nitrogens with one attached hydrogen (secondary N) is 2. The highest BCUT2D eigenvalue weighted by Crippen LogP contribution is 2.23. The number of sulfonamides is 1.